The van der Waals surface area contributed by atoms with Crippen molar-refractivity contribution in [3.8, 4) is 11.4 Å². The quantitative estimate of drug-likeness (QED) is 0.796. The zero-order chi connectivity index (χ0) is 16.4. The average Bonchev–Trinajstić information content (AvgIpc) is 3.28. The molecule has 6 heteroatoms. The van der Waals surface area contributed by atoms with Crippen molar-refractivity contribution in [2.45, 2.75) is 25.3 Å². The molecule has 0 radical (unpaired) electrons. The number of likely N-dealkylation sites (tertiary alicyclic amines) is 1. The van der Waals surface area contributed by atoms with Gasteiger partial charge in [-0.3, -0.25) is 10.00 Å². The summed E-state index contributed by atoms with van der Waals surface area (Å²) >= 11 is 0. The summed E-state index contributed by atoms with van der Waals surface area (Å²) in [5, 5.41) is 7.37. The van der Waals surface area contributed by atoms with E-state index >= 15 is 0 Å². The van der Waals surface area contributed by atoms with Crippen LogP contribution >= 0.6 is 0 Å². The molecule has 1 aromatic carbocycles. The second-order valence-electron chi connectivity index (χ2n) is 6.26. The van der Waals surface area contributed by atoms with Crippen LogP contribution in [0.5, 0.6) is 0 Å². The van der Waals surface area contributed by atoms with E-state index in [0.717, 1.165) is 43.9 Å². The van der Waals surface area contributed by atoms with Crippen LogP contribution in [0.15, 0.2) is 47.3 Å². The lowest BCUT2D eigenvalue weighted by Crippen LogP contribution is -2.34. The van der Waals surface area contributed by atoms with E-state index < -0.39 is 0 Å². The monoisotopic (exact) mass is 326 g/mol. The van der Waals surface area contributed by atoms with Crippen LogP contribution in [-0.4, -0.2) is 33.2 Å². The van der Waals surface area contributed by atoms with E-state index in [0.29, 0.717) is 11.7 Å². The van der Waals surface area contributed by atoms with E-state index in [-0.39, 0.29) is 5.82 Å². The second-order valence-corrected chi connectivity index (χ2v) is 6.26. The van der Waals surface area contributed by atoms with Crippen molar-refractivity contribution in [2.75, 3.05) is 13.1 Å². The molecule has 124 valence electrons. The van der Waals surface area contributed by atoms with Gasteiger partial charge in [-0.25, -0.2) is 9.37 Å². The minimum absolute atomic E-state index is 0.253. The van der Waals surface area contributed by atoms with Crippen molar-refractivity contribution in [3.05, 3.63) is 60.1 Å². The highest BCUT2D eigenvalue weighted by molar-refractivity contribution is 5.54. The minimum atomic E-state index is -0.253. The smallest absolute Gasteiger partial charge is 0.181 e. The molecule has 0 amide bonds. The van der Waals surface area contributed by atoms with Gasteiger partial charge in [-0.05, 0) is 49.7 Å². The van der Waals surface area contributed by atoms with Crippen LogP contribution < -0.4 is 0 Å². The van der Waals surface area contributed by atoms with E-state index in [9.17, 15) is 4.39 Å². The number of nitrogens with zero attached hydrogens (tertiary/aromatic N) is 3. The lowest BCUT2D eigenvalue weighted by atomic mass is 9.97. The van der Waals surface area contributed by atoms with E-state index in [2.05, 4.69) is 20.1 Å². The van der Waals surface area contributed by atoms with E-state index in [1.54, 1.807) is 24.7 Å². The lowest BCUT2D eigenvalue weighted by molar-refractivity contribution is 0.196. The highest BCUT2D eigenvalue weighted by Gasteiger charge is 2.24. The minimum Gasteiger partial charge on any atom is -0.472 e. The Balaban J connectivity index is 1.46. The Morgan fingerprint density at radius 1 is 1.25 bits per heavy atom. The highest BCUT2D eigenvalue weighted by atomic mass is 19.1. The molecule has 1 N–H and O–H groups in total. The number of rotatable bonds is 4. The number of hydrogen-bond acceptors (Lipinski definition) is 4. The maximum Gasteiger partial charge on any atom is 0.181 e. The van der Waals surface area contributed by atoms with Gasteiger partial charge in [0.1, 0.15) is 11.6 Å². The molecule has 1 aliphatic rings. The van der Waals surface area contributed by atoms with Gasteiger partial charge >= 0.3 is 0 Å². The third-order valence-corrected chi connectivity index (χ3v) is 4.48. The van der Waals surface area contributed by atoms with Crippen molar-refractivity contribution >= 4 is 0 Å². The van der Waals surface area contributed by atoms with Gasteiger partial charge in [0.05, 0.1) is 12.5 Å². The molecule has 3 heterocycles. The molecule has 0 aliphatic carbocycles. The van der Waals surface area contributed by atoms with Crippen LogP contribution in [0.1, 0.15) is 30.1 Å². The summed E-state index contributed by atoms with van der Waals surface area (Å²) in [4.78, 5) is 7.05. The predicted octanol–water partition coefficient (Wildman–Crippen LogP) is 3.58. The summed E-state index contributed by atoms with van der Waals surface area (Å²) in [6.45, 7) is 2.93. The number of hydrogen-bond donors (Lipinski definition) is 1. The molecular weight excluding hydrogens is 307 g/mol. The second kappa shape index (κ2) is 6.57. The molecular formula is C18H19FN4O. The molecule has 1 atom stereocenters. The Labute approximate surface area is 139 Å². The average molecular weight is 326 g/mol. The molecule has 5 nitrogen and oxygen atoms in total. The van der Waals surface area contributed by atoms with Gasteiger partial charge in [0.25, 0.3) is 0 Å². The zero-order valence-electron chi connectivity index (χ0n) is 13.3. The molecule has 1 unspecified atom stereocenters. The van der Waals surface area contributed by atoms with Gasteiger partial charge in [0.2, 0.25) is 0 Å². The first-order valence-electron chi connectivity index (χ1n) is 8.19. The first-order chi connectivity index (χ1) is 11.8. The molecule has 24 heavy (non-hydrogen) atoms. The fourth-order valence-electron chi connectivity index (χ4n) is 3.25. The maximum atomic E-state index is 13.0. The highest BCUT2D eigenvalue weighted by Crippen LogP contribution is 2.27. The fourth-order valence-corrected chi connectivity index (χ4v) is 3.25. The molecule has 3 aromatic rings. The normalized spacial score (nSPS) is 18.8. The van der Waals surface area contributed by atoms with Crippen LogP contribution in [0, 0.1) is 5.82 Å². The Morgan fingerprint density at radius 3 is 2.92 bits per heavy atom. The molecule has 2 aromatic heterocycles. The summed E-state index contributed by atoms with van der Waals surface area (Å²) in [5.41, 5.74) is 2.02. The Morgan fingerprint density at radius 2 is 2.12 bits per heavy atom. The maximum absolute atomic E-state index is 13.0. The number of aromatic amines is 1. The molecule has 4 rings (SSSR count). The molecule has 1 aliphatic heterocycles. The number of benzene rings is 1. The third kappa shape index (κ3) is 3.23. The van der Waals surface area contributed by atoms with Gasteiger partial charge < -0.3 is 4.42 Å². The van der Waals surface area contributed by atoms with Gasteiger partial charge in [0, 0.05) is 30.1 Å². The van der Waals surface area contributed by atoms with E-state index in [1.807, 2.05) is 6.07 Å². The summed E-state index contributed by atoms with van der Waals surface area (Å²) in [5.74, 6) is 1.62. The van der Waals surface area contributed by atoms with Crippen LogP contribution in [0.2, 0.25) is 0 Å². The fraction of sp³-hybridized carbons (Fsp3) is 0.333. The van der Waals surface area contributed by atoms with Crippen molar-refractivity contribution in [1.82, 2.24) is 20.1 Å². The van der Waals surface area contributed by atoms with Crippen LogP contribution in [0.25, 0.3) is 11.4 Å². The molecule has 0 spiro atoms. The first-order valence-corrected chi connectivity index (χ1v) is 8.19. The predicted molar refractivity (Wildman–Crippen MR) is 87.7 cm³/mol. The third-order valence-electron chi connectivity index (χ3n) is 4.48. The number of piperidine rings is 1. The van der Waals surface area contributed by atoms with Gasteiger partial charge in [-0.1, -0.05) is 0 Å². The standard InChI is InChI=1S/C18H19FN4O/c19-16-5-3-14(4-6-16)17-20-18(22-21-17)15-2-1-8-23(11-15)10-13-7-9-24-12-13/h3-7,9,12,15H,1-2,8,10-11H2,(H,20,21,22). The Bertz CT molecular complexity index is 782. The molecule has 1 saturated heterocycles. The molecule has 0 saturated carbocycles. The zero-order valence-corrected chi connectivity index (χ0v) is 13.3. The lowest BCUT2D eigenvalue weighted by Gasteiger charge is -2.31. The SMILES string of the molecule is Fc1ccc(-c2n[nH]c(C3CCCN(Cc4ccoc4)C3)n2)cc1. The summed E-state index contributed by atoms with van der Waals surface area (Å²) in [6, 6.07) is 8.27. The number of aromatic nitrogens is 3. The summed E-state index contributed by atoms with van der Waals surface area (Å²) in [7, 11) is 0. The van der Waals surface area contributed by atoms with Crippen molar-refractivity contribution < 1.29 is 8.81 Å². The van der Waals surface area contributed by atoms with Crippen LogP contribution in [-0.2, 0) is 6.54 Å². The van der Waals surface area contributed by atoms with Gasteiger partial charge in [-0.15, -0.1) is 0 Å². The number of H-pyrrole nitrogens is 1. The van der Waals surface area contributed by atoms with Crippen LogP contribution in [0.3, 0.4) is 0 Å². The van der Waals surface area contributed by atoms with Crippen molar-refractivity contribution in [3.63, 3.8) is 0 Å². The first kappa shape index (κ1) is 15.1. The summed E-state index contributed by atoms with van der Waals surface area (Å²) < 4.78 is 18.2. The topological polar surface area (TPSA) is 58.0 Å². The summed E-state index contributed by atoms with van der Waals surface area (Å²) in [6.07, 6.45) is 5.74. The number of halogens is 1. The number of nitrogens with one attached hydrogen (secondary N) is 1. The Hall–Kier alpha value is -2.47. The Kier molecular flexibility index (Phi) is 4.13. The van der Waals surface area contributed by atoms with Gasteiger partial charge in [0.15, 0.2) is 5.82 Å². The van der Waals surface area contributed by atoms with E-state index in [4.69, 9.17) is 4.42 Å². The van der Waals surface area contributed by atoms with Gasteiger partial charge in [-0.2, -0.15) is 5.10 Å². The number of furan rings is 1. The largest absolute Gasteiger partial charge is 0.472 e. The molecule has 1 fully saturated rings. The van der Waals surface area contributed by atoms with E-state index in [1.165, 1.54) is 17.7 Å². The van der Waals surface area contributed by atoms with Crippen molar-refractivity contribution in [2.24, 2.45) is 0 Å². The van der Waals surface area contributed by atoms with Crippen molar-refractivity contribution in [1.29, 1.82) is 0 Å². The van der Waals surface area contributed by atoms with Crippen LogP contribution in [0.4, 0.5) is 4.39 Å². The molecule has 0 bridgehead atoms.